The van der Waals surface area contributed by atoms with Crippen LogP contribution in [0, 0.1) is 0 Å². The SMILES string of the molecule is O=C(CNC(=O)C1CCCCN1)NCCc1ccccc1. The first-order valence-electron chi connectivity index (χ1n) is 7.57. The van der Waals surface area contributed by atoms with E-state index in [-0.39, 0.29) is 24.4 Å². The molecule has 0 aliphatic carbocycles. The van der Waals surface area contributed by atoms with Gasteiger partial charge >= 0.3 is 0 Å². The summed E-state index contributed by atoms with van der Waals surface area (Å²) in [5, 5.41) is 8.67. The van der Waals surface area contributed by atoms with Crippen LogP contribution in [-0.2, 0) is 16.0 Å². The minimum Gasteiger partial charge on any atom is -0.354 e. The van der Waals surface area contributed by atoms with Crippen LogP contribution in [0.25, 0.3) is 0 Å². The number of rotatable bonds is 6. The Kier molecular flexibility index (Phi) is 6.22. The van der Waals surface area contributed by atoms with Crippen LogP contribution >= 0.6 is 0 Å². The zero-order valence-corrected chi connectivity index (χ0v) is 12.2. The maximum atomic E-state index is 11.8. The van der Waals surface area contributed by atoms with Crippen molar-refractivity contribution < 1.29 is 9.59 Å². The summed E-state index contributed by atoms with van der Waals surface area (Å²) in [7, 11) is 0. The maximum absolute atomic E-state index is 11.8. The molecule has 1 aromatic carbocycles. The van der Waals surface area contributed by atoms with Gasteiger partial charge < -0.3 is 16.0 Å². The molecule has 1 heterocycles. The second-order valence-corrected chi connectivity index (χ2v) is 5.31. The lowest BCUT2D eigenvalue weighted by Gasteiger charge is -2.22. The van der Waals surface area contributed by atoms with Gasteiger partial charge in [-0.3, -0.25) is 9.59 Å². The summed E-state index contributed by atoms with van der Waals surface area (Å²) >= 11 is 0. The normalized spacial score (nSPS) is 18.0. The van der Waals surface area contributed by atoms with Gasteiger partial charge in [-0.05, 0) is 31.4 Å². The zero-order chi connectivity index (χ0) is 14.9. The molecule has 0 aromatic heterocycles. The van der Waals surface area contributed by atoms with Gasteiger partial charge in [-0.25, -0.2) is 0 Å². The Hall–Kier alpha value is -1.88. The monoisotopic (exact) mass is 289 g/mol. The molecule has 1 aromatic rings. The Morgan fingerprint density at radius 3 is 2.67 bits per heavy atom. The molecule has 21 heavy (non-hydrogen) atoms. The second-order valence-electron chi connectivity index (χ2n) is 5.31. The third-order valence-electron chi connectivity index (χ3n) is 3.63. The van der Waals surface area contributed by atoms with Gasteiger partial charge in [0.15, 0.2) is 0 Å². The molecule has 1 fully saturated rings. The van der Waals surface area contributed by atoms with E-state index in [1.807, 2.05) is 30.3 Å². The smallest absolute Gasteiger partial charge is 0.239 e. The Morgan fingerprint density at radius 1 is 1.14 bits per heavy atom. The number of hydrogen-bond donors (Lipinski definition) is 3. The molecule has 0 saturated carbocycles. The molecule has 5 nitrogen and oxygen atoms in total. The highest BCUT2D eigenvalue weighted by Crippen LogP contribution is 2.06. The van der Waals surface area contributed by atoms with Crippen molar-refractivity contribution in [3.05, 3.63) is 35.9 Å². The van der Waals surface area contributed by atoms with Crippen LogP contribution in [0.5, 0.6) is 0 Å². The molecule has 1 saturated heterocycles. The number of hydrogen-bond acceptors (Lipinski definition) is 3. The highest BCUT2D eigenvalue weighted by Gasteiger charge is 2.20. The van der Waals surface area contributed by atoms with Crippen LogP contribution in [0.4, 0.5) is 0 Å². The molecular weight excluding hydrogens is 266 g/mol. The summed E-state index contributed by atoms with van der Waals surface area (Å²) in [6.07, 6.45) is 3.82. The van der Waals surface area contributed by atoms with Gasteiger partial charge in [0.1, 0.15) is 0 Å². The molecule has 0 radical (unpaired) electrons. The second kappa shape index (κ2) is 8.42. The summed E-state index contributed by atoms with van der Waals surface area (Å²) < 4.78 is 0. The Bertz CT molecular complexity index is 456. The van der Waals surface area contributed by atoms with Gasteiger partial charge in [0, 0.05) is 6.54 Å². The van der Waals surface area contributed by atoms with Crippen molar-refractivity contribution in [1.29, 1.82) is 0 Å². The van der Waals surface area contributed by atoms with Crippen LogP contribution in [0.3, 0.4) is 0 Å². The fourth-order valence-electron chi connectivity index (χ4n) is 2.42. The molecule has 1 atom stereocenters. The van der Waals surface area contributed by atoms with E-state index in [9.17, 15) is 9.59 Å². The molecule has 3 N–H and O–H groups in total. The van der Waals surface area contributed by atoms with Crippen LogP contribution in [0.2, 0.25) is 0 Å². The molecule has 1 aliphatic heterocycles. The first-order chi connectivity index (χ1) is 10.3. The number of amides is 2. The maximum Gasteiger partial charge on any atom is 0.239 e. The number of nitrogens with one attached hydrogen (secondary N) is 3. The first kappa shape index (κ1) is 15.5. The largest absolute Gasteiger partial charge is 0.354 e. The van der Waals surface area contributed by atoms with E-state index in [1.54, 1.807) is 0 Å². The lowest BCUT2D eigenvalue weighted by atomic mass is 10.0. The van der Waals surface area contributed by atoms with E-state index in [2.05, 4.69) is 16.0 Å². The van der Waals surface area contributed by atoms with Crippen molar-refractivity contribution >= 4 is 11.8 Å². The van der Waals surface area contributed by atoms with Crippen molar-refractivity contribution in [3.63, 3.8) is 0 Å². The van der Waals surface area contributed by atoms with Crippen molar-refractivity contribution in [2.75, 3.05) is 19.6 Å². The fourth-order valence-corrected chi connectivity index (χ4v) is 2.42. The summed E-state index contributed by atoms with van der Waals surface area (Å²) in [5.41, 5.74) is 1.19. The molecule has 1 unspecified atom stereocenters. The Morgan fingerprint density at radius 2 is 1.95 bits per heavy atom. The quantitative estimate of drug-likeness (QED) is 0.718. The summed E-state index contributed by atoms with van der Waals surface area (Å²) in [6.45, 7) is 1.51. The molecule has 1 aliphatic rings. The van der Waals surface area contributed by atoms with Gasteiger partial charge in [-0.1, -0.05) is 36.8 Å². The highest BCUT2D eigenvalue weighted by molar-refractivity contribution is 5.87. The first-order valence-corrected chi connectivity index (χ1v) is 7.57. The van der Waals surface area contributed by atoms with E-state index < -0.39 is 0 Å². The fraction of sp³-hybridized carbons (Fsp3) is 0.500. The van der Waals surface area contributed by atoms with Gasteiger partial charge in [-0.15, -0.1) is 0 Å². The van der Waals surface area contributed by atoms with Crippen molar-refractivity contribution in [1.82, 2.24) is 16.0 Å². The van der Waals surface area contributed by atoms with E-state index >= 15 is 0 Å². The minimum atomic E-state index is -0.143. The predicted molar refractivity (Wildman–Crippen MR) is 81.8 cm³/mol. The van der Waals surface area contributed by atoms with Crippen molar-refractivity contribution in [2.24, 2.45) is 0 Å². The topological polar surface area (TPSA) is 70.2 Å². The van der Waals surface area contributed by atoms with E-state index in [4.69, 9.17) is 0 Å². The molecule has 2 amide bonds. The average Bonchev–Trinajstić information content (AvgIpc) is 2.54. The lowest BCUT2D eigenvalue weighted by molar-refractivity contribution is -0.127. The van der Waals surface area contributed by atoms with E-state index in [1.165, 1.54) is 5.56 Å². The number of carbonyl (C=O) groups is 2. The Balaban J connectivity index is 1.60. The van der Waals surface area contributed by atoms with Gasteiger partial charge in [0.2, 0.25) is 11.8 Å². The number of piperidine rings is 1. The van der Waals surface area contributed by atoms with Crippen molar-refractivity contribution in [3.8, 4) is 0 Å². The molecular formula is C16H23N3O2. The number of carbonyl (C=O) groups excluding carboxylic acids is 2. The molecule has 2 rings (SSSR count). The highest BCUT2D eigenvalue weighted by atomic mass is 16.2. The summed E-state index contributed by atoms with van der Waals surface area (Å²) in [6, 6.07) is 9.85. The van der Waals surface area contributed by atoms with Crippen LogP contribution in [0.15, 0.2) is 30.3 Å². The van der Waals surface area contributed by atoms with E-state index in [0.29, 0.717) is 6.54 Å². The third-order valence-corrected chi connectivity index (χ3v) is 3.63. The summed E-state index contributed by atoms with van der Waals surface area (Å²) in [5.74, 6) is -0.219. The van der Waals surface area contributed by atoms with E-state index in [0.717, 1.165) is 32.2 Å². The predicted octanol–water partition coefficient (Wildman–Crippen LogP) is 0.604. The summed E-state index contributed by atoms with van der Waals surface area (Å²) in [4.78, 5) is 23.5. The van der Waals surface area contributed by atoms with Crippen molar-refractivity contribution in [2.45, 2.75) is 31.7 Å². The molecule has 5 heteroatoms. The average molecular weight is 289 g/mol. The van der Waals surface area contributed by atoms with Gasteiger partial charge in [0.05, 0.1) is 12.6 Å². The molecule has 0 spiro atoms. The standard InChI is InChI=1S/C16H23N3O2/c20-15(18-11-9-13-6-2-1-3-7-13)12-19-16(21)14-8-4-5-10-17-14/h1-3,6-7,14,17H,4-5,8-12H2,(H,18,20)(H,19,21). The van der Waals surface area contributed by atoms with Crippen LogP contribution < -0.4 is 16.0 Å². The van der Waals surface area contributed by atoms with Crippen LogP contribution in [-0.4, -0.2) is 37.5 Å². The van der Waals surface area contributed by atoms with Gasteiger partial charge in [0.25, 0.3) is 0 Å². The molecule has 0 bridgehead atoms. The molecule has 114 valence electrons. The zero-order valence-electron chi connectivity index (χ0n) is 12.2. The van der Waals surface area contributed by atoms with Crippen LogP contribution in [0.1, 0.15) is 24.8 Å². The lowest BCUT2D eigenvalue weighted by Crippen LogP contribution is -2.49. The Labute approximate surface area is 125 Å². The van der Waals surface area contributed by atoms with Gasteiger partial charge in [-0.2, -0.15) is 0 Å². The minimum absolute atomic E-state index is 0.0474. The number of benzene rings is 1. The third kappa shape index (κ3) is 5.55.